The first-order valence-corrected chi connectivity index (χ1v) is 4.43. The molecule has 0 saturated heterocycles. The zero-order chi connectivity index (χ0) is 11.4. The molecule has 0 aliphatic rings. The summed E-state index contributed by atoms with van der Waals surface area (Å²) in [5.41, 5.74) is 15.7. The Morgan fingerprint density at radius 1 is 1.07 bits per heavy atom. The summed E-state index contributed by atoms with van der Waals surface area (Å²) in [5, 5.41) is 0. The lowest BCUT2D eigenvalue weighted by Crippen LogP contribution is -2.01. The van der Waals surface area contributed by atoms with Gasteiger partial charge in [-0.25, -0.2) is 0 Å². The Kier molecular flexibility index (Phi) is 4.01. The van der Waals surface area contributed by atoms with Crippen molar-refractivity contribution in [1.29, 1.82) is 0 Å². The third-order valence-corrected chi connectivity index (χ3v) is 0.783. The molecule has 0 fully saturated rings. The van der Waals surface area contributed by atoms with Gasteiger partial charge in [0, 0.05) is 6.07 Å². The maximum absolute atomic E-state index is 8.74. The van der Waals surface area contributed by atoms with Crippen LogP contribution < -0.4 is 17.2 Å². The number of nitrogens with two attached hydrogens (primary N) is 3. The van der Waals surface area contributed by atoms with Crippen LogP contribution in [0, 0.1) is 0 Å². The van der Waals surface area contributed by atoms with E-state index >= 15 is 0 Å². The quantitative estimate of drug-likeness (QED) is 0.329. The molecule has 9 nitrogen and oxygen atoms in total. The fourth-order valence-electron chi connectivity index (χ4n) is 0.506. The van der Waals surface area contributed by atoms with E-state index in [1.165, 1.54) is 6.07 Å². The second-order valence-corrected chi connectivity index (χ2v) is 2.92. The molecule has 0 bridgehead atoms. The maximum Gasteiger partial charge on any atom is 0.394 e. The molecule has 0 aromatic carbocycles. The lowest BCUT2D eigenvalue weighted by atomic mass is 10.5. The smallest absolute Gasteiger partial charge is 0.383 e. The third-order valence-electron chi connectivity index (χ3n) is 0.783. The van der Waals surface area contributed by atoms with Gasteiger partial charge in [0.25, 0.3) is 0 Å². The second kappa shape index (κ2) is 4.55. The molecule has 0 saturated carbocycles. The first-order chi connectivity index (χ1) is 6.18. The van der Waals surface area contributed by atoms with E-state index in [9.17, 15) is 0 Å². The zero-order valence-corrected chi connectivity index (χ0v) is 7.64. The number of hydrogen-bond donors (Lipinski definition) is 5. The molecule has 0 amide bonds. The normalized spacial score (nSPS) is 10.1. The first-order valence-electron chi connectivity index (χ1n) is 3.04. The molecule has 0 aliphatic heterocycles. The maximum atomic E-state index is 8.74. The minimum absolute atomic E-state index is 0.104. The number of hydrogen-bond acceptors (Lipinski definition) is 7. The van der Waals surface area contributed by atoms with Crippen molar-refractivity contribution in [2.45, 2.75) is 0 Å². The molecule has 8 N–H and O–H groups in total. The summed E-state index contributed by atoms with van der Waals surface area (Å²) in [6, 6.07) is 1.44. The highest BCUT2D eigenvalue weighted by molar-refractivity contribution is 7.79. The van der Waals surface area contributed by atoms with Crippen LogP contribution in [0.5, 0.6) is 0 Å². The number of nitrogens with zero attached hydrogens (tertiary/aromatic N) is 2. The van der Waals surface area contributed by atoms with E-state index in [1.54, 1.807) is 0 Å². The summed E-state index contributed by atoms with van der Waals surface area (Å²) in [6.07, 6.45) is 0. The summed E-state index contributed by atoms with van der Waals surface area (Å²) in [5.74, 6) is 0.688. The molecule has 0 unspecified atom stereocenters. The monoisotopic (exact) mass is 223 g/mol. The highest BCUT2D eigenvalue weighted by Gasteiger charge is 1.92. The lowest BCUT2D eigenvalue weighted by Gasteiger charge is -1.94. The summed E-state index contributed by atoms with van der Waals surface area (Å²) < 4.78 is 31.6. The number of rotatable bonds is 0. The molecule has 1 aromatic heterocycles. The molecule has 14 heavy (non-hydrogen) atoms. The molecule has 0 radical (unpaired) electrons. The first kappa shape index (κ1) is 12.3. The Hall–Kier alpha value is -1.65. The summed E-state index contributed by atoms with van der Waals surface area (Å²) in [7, 11) is -4.67. The summed E-state index contributed by atoms with van der Waals surface area (Å²) in [6.45, 7) is 0. The van der Waals surface area contributed by atoms with Gasteiger partial charge in [0.05, 0.1) is 0 Å². The highest BCUT2D eigenvalue weighted by Crippen LogP contribution is 2.03. The van der Waals surface area contributed by atoms with Crippen LogP contribution in [0.15, 0.2) is 6.07 Å². The van der Waals surface area contributed by atoms with Crippen molar-refractivity contribution in [3.05, 3.63) is 6.07 Å². The lowest BCUT2D eigenvalue weighted by molar-refractivity contribution is 0.381. The van der Waals surface area contributed by atoms with Gasteiger partial charge in [-0.2, -0.15) is 18.4 Å². The number of anilines is 3. The predicted molar refractivity (Wildman–Crippen MR) is 49.4 cm³/mol. The Bertz CT molecular complexity index is 346. The number of nitrogen functional groups attached to an aromatic ring is 3. The van der Waals surface area contributed by atoms with Gasteiger partial charge in [0.1, 0.15) is 11.6 Å². The van der Waals surface area contributed by atoms with Crippen LogP contribution in [0.4, 0.5) is 17.6 Å². The van der Waals surface area contributed by atoms with Crippen LogP contribution >= 0.6 is 0 Å². The van der Waals surface area contributed by atoms with Gasteiger partial charge in [0.2, 0.25) is 5.95 Å². The standard InChI is InChI=1S/C4H7N5.H2O4S/c5-2-1-3(6)9-4(7)8-2;1-5(2,3)4/h1H,(H6,5,6,7,8,9);(H2,1,2,3,4). The Labute approximate surface area is 79.5 Å². The molecule has 1 rings (SSSR count). The van der Waals surface area contributed by atoms with E-state index in [4.69, 9.17) is 34.7 Å². The van der Waals surface area contributed by atoms with Crippen molar-refractivity contribution in [1.82, 2.24) is 9.97 Å². The van der Waals surface area contributed by atoms with Gasteiger partial charge in [-0.05, 0) is 0 Å². The van der Waals surface area contributed by atoms with Crippen molar-refractivity contribution in [3.63, 3.8) is 0 Å². The fourth-order valence-corrected chi connectivity index (χ4v) is 0.506. The summed E-state index contributed by atoms with van der Waals surface area (Å²) >= 11 is 0. The van der Waals surface area contributed by atoms with Crippen molar-refractivity contribution in [3.8, 4) is 0 Å². The average Bonchev–Trinajstić information content (AvgIpc) is 1.77. The van der Waals surface area contributed by atoms with Crippen LogP contribution in [0.1, 0.15) is 0 Å². The Morgan fingerprint density at radius 3 is 1.57 bits per heavy atom. The van der Waals surface area contributed by atoms with E-state index in [-0.39, 0.29) is 5.95 Å². The van der Waals surface area contributed by atoms with E-state index < -0.39 is 10.4 Å². The average molecular weight is 223 g/mol. The molecule has 80 valence electrons. The van der Waals surface area contributed by atoms with Crippen LogP contribution in [-0.2, 0) is 10.4 Å². The van der Waals surface area contributed by atoms with E-state index in [1.807, 2.05) is 0 Å². The van der Waals surface area contributed by atoms with Gasteiger partial charge in [-0.1, -0.05) is 0 Å². The van der Waals surface area contributed by atoms with E-state index in [2.05, 4.69) is 9.97 Å². The van der Waals surface area contributed by atoms with Crippen LogP contribution in [0.25, 0.3) is 0 Å². The van der Waals surface area contributed by atoms with Gasteiger partial charge >= 0.3 is 10.4 Å². The number of aromatic nitrogens is 2. The van der Waals surface area contributed by atoms with Gasteiger partial charge in [-0.15, -0.1) is 0 Å². The van der Waals surface area contributed by atoms with Crippen molar-refractivity contribution in [2.24, 2.45) is 0 Å². The second-order valence-electron chi connectivity index (χ2n) is 2.02. The van der Waals surface area contributed by atoms with Crippen LogP contribution in [0.2, 0.25) is 0 Å². The molecular weight excluding hydrogens is 214 g/mol. The minimum atomic E-state index is -4.67. The minimum Gasteiger partial charge on any atom is -0.383 e. The molecule has 10 heteroatoms. The van der Waals surface area contributed by atoms with Gasteiger partial charge < -0.3 is 17.2 Å². The van der Waals surface area contributed by atoms with Gasteiger partial charge in [0.15, 0.2) is 0 Å². The van der Waals surface area contributed by atoms with Gasteiger partial charge in [-0.3, -0.25) is 9.11 Å². The molecular formula is C4H9N5O4S. The fraction of sp³-hybridized carbons (Fsp3) is 0. The highest BCUT2D eigenvalue weighted by atomic mass is 32.3. The van der Waals surface area contributed by atoms with Crippen molar-refractivity contribution >= 4 is 28.0 Å². The topological polar surface area (TPSA) is 178 Å². The molecule has 0 aliphatic carbocycles. The Morgan fingerprint density at radius 2 is 1.36 bits per heavy atom. The largest absolute Gasteiger partial charge is 0.394 e. The summed E-state index contributed by atoms with van der Waals surface area (Å²) in [4.78, 5) is 7.20. The SMILES string of the molecule is Nc1cc(N)nc(N)n1.O=S(=O)(O)O. The predicted octanol–water partition coefficient (Wildman–Crippen LogP) is -1.43. The molecule has 1 heterocycles. The van der Waals surface area contributed by atoms with Crippen LogP contribution in [0.3, 0.4) is 0 Å². The third kappa shape index (κ3) is 8.45. The van der Waals surface area contributed by atoms with Crippen LogP contribution in [-0.4, -0.2) is 27.5 Å². The molecule has 1 aromatic rings. The Balaban J connectivity index is 0.000000292. The zero-order valence-electron chi connectivity index (χ0n) is 6.82. The molecule has 0 atom stereocenters. The van der Waals surface area contributed by atoms with Crippen molar-refractivity contribution in [2.75, 3.05) is 17.2 Å². The molecule has 0 spiro atoms. The van der Waals surface area contributed by atoms with E-state index in [0.717, 1.165) is 0 Å². The van der Waals surface area contributed by atoms with E-state index in [0.29, 0.717) is 11.6 Å². The van der Waals surface area contributed by atoms with Crippen molar-refractivity contribution < 1.29 is 17.5 Å².